The lowest BCUT2D eigenvalue weighted by Gasteiger charge is -2.07. The van der Waals surface area contributed by atoms with Gasteiger partial charge in [-0.1, -0.05) is 0 Å². The van der Waals surface area contributed by atoms with E-state index in [4.69, 9.17) is 5.26 Å². The van der Waals surface area contributed by atoms with Gasteiger partial charge in [0.15, 0.2) is 11.7 Å². The van der Waals surface area contributed by atoms with E-state index in [0.717, 1.165) is 25.7 Å². The third-order valence-corrected chi connectivity index (χ3v) is 2.58. The normalized spacial score (nSPS) is 22.2. The van der Waals surface area contributed by atoms with Gasteiger partial charge in [0.1, 0.15) is 0 Å². The van der Waals surface area contributed by atoms with Crippen LogP contribution in [-0.4, -0.2) is 17.7 Å². The van der Waals surface area contributed by atoms with E-state index in [9.17, 15) is 9.59 Å². The van der Waals surface area contributed by atoms with Gasteiger partial charge in [0.05, 0.1) is 6.07 Å². The van der Waals surface area contributed by atoms with Crippen LogP contribution in [0.25, 0.3) is 0 Å². The van der Waals surface area contributed by atoms with Gasteiger partial charge in [-0.2, -0.15) is 5.26 Å². The van der Waals surface area contributed by atoms with Gasteiger partial charge in [0.2, 0.25) is 5.91 Å². The number of hydrogen-bond donors (Lipinski definition) is 1. The van der Waals surface area contributed by atoms with Crippen LogP contribution >= 0.6 is 0 Å². The van der Waals surface area contributed by atoms with Crippen LogP contribution in [0.1, 0.15) is 25.7 Å². The maximum Gasteiger partial charge on any atom is 0.245 e. The van der Waals surface area contributed by atoms with Gasteiger partial charge in [-0.3, -0.25) is 9.59 Å². The van der Waals surface area contributed by atoms with Crippen molar-refractivity contribution in [1.29, 1.82) is 5.26 Å². The van der Waals surface area contributed by atoms with Gasteiger partial charge >= 0.3 is 0 Å². The minimum Gasteiger partial charge on any atom is -0.352 e. The van der Waals surface area contributed by atoms with Crippen molar-refractivity contribution in [3.8, 4) is 6.07 Å². The highest BCUT2D eigenvalue weighted by molar-refractivity contribution is 6.05. The number of nitrogens with one attached hydrogen (secondary N) is 1. The largest absolute Gasteiger partial charge is 0.352 e. The highest BCUT2D eigenvalue weighted by Gasteiger charge is 2.39. The molecule has 74 valence electrons. The van der Waals surface area contributed by atoms with Crippen molar-refractivity contribution in [2.45, 2.75) is 31.7 Å². The Bertz CT molecular complexity index is 311. The number of amides is 1. The molecule has 0 saturated heterocycles. The van der Waals surface area contributed by atoms with E-state index in [1.807, 2.05) is 0 Å². The van der Waals surface area contributed by atoms with Crippen molar-refractivity contribution in [1.82, 2.24) is 5.32 Å². The molecule has 4 heteroatoms. The molecule has 0 bridgehead atoms. The third kappa shape index (κ3) is 1.92. The molecule has 1 unspecified atom stereocenters. The lowest BCUT2D eigenvalue weighted by Crippen LogP contribution is -2.36. The summed E-state index contributed by atoms with van der Waals surface area (Å²) < 4.78 is 0. The van der Waals surface area contributed by atoms with E-state index >= 15 is 0 Å². The molecule has 0 aromatic heterocycles. The first-order valence-electron chi connectivity index (χ1n) is 4.96. The zero-order valence-electron chi connectivity index (χ0n) is 7.82. The third-order valence-electron chi connectivity index (χ3n) is 2.58. The second kappa shape index (κ2) is 3.41. The number of ketones is 1. The van der Waals surface area contributed by atoms with Crippen LogP contribution in [0.3, 0.4) is 0 Å². The Morgan fingerprint density at radius 1 is 1.29 bits per heavy atom. The molecule has 0 aromatic carbocycles. The molecule has 0 radical (unpaired) electrons. The van der Waals surface area contributed by atoms with Crippen LogP contribution in [0.15, 0.2) is 0 Å². The highest BCUT2D eigenvalue weighted by Crippen LogP contribution is 2.32. The molecule has 2 fully saturated rings. The fourth-order valence-corrected chi connectivity index (χ4v) is 1.37. The maximum atomic E-state index is 11.5. The Labute approximate surface area is 82.3 Å². The van der Waals surface area contributed by atoms with E-state index in [0.29, 0.717) is 0 Å². The SMILES string of the molecule is N#CC(C(=O)NC1CC1)C(=O)C1CC1. The Kier molecular flexibility index (Phi) is 2.24. The van der Waals surface area contributed by atoms with Crippen molar-refractivity contribution in [2.75, 3.05) is 0 Å². The topological polar surface area (TPSA) is 70.0 Å². The van der Waals surface area contributed by atoms with Gasteiger partial charge in [-0.25, -0.2) is 0 Å². The average molecular weight is 192 g/mol. The molecule has 0 heterocycles. The molecule has 0 spiro atoms. The van der Waals surface area contributed by atoms with E-state index in [-0.39, 0.29) is 17.7 Å². The predicted octanol–water partition coefficient (Wildman–Crippen LogP) is 0.384. The Balaban J connectivity index is 1.93. The molecule has 2 saturated carbocycles. The first-order valence-corrected chi connectivity index (χ1v) is 4.96. The van der Waals surface area contributed by atoms with Crippen molar-refractivity contribution in [2.24, 2.45) is 11.8 Å². The molecule has 2 aliphatic carbocycles. The standard InChI is InChI=1S/C10H12N2O2/c11-5-8(9(13)6-1-2-6)10(14)12-7-3-4-7/h6-8H,1-4H2,(H,12,14). The fraction of sp³-hybridized carbons (Fsp3) is 0.700. The van der Waals surface area contributed by atoms with Gasteiger partial charge < -0.3 is 5.32 Å². The Morgan fingerprint density at radius 2 is 1.93 bits per heavy atom. The highest BCUT2D eigenvalue weighted by atomic mass is 16.2. The Morgan fingerprint density at radius 3 is 2.36 bits per heavy atom. The summed E-state index contributed by atoms with van der Waals surface area (Å²) in [6, 6.07) is 2.01. The molecule has 4 nitrogen and oxygen atoms in total. The van der Waals surface area contributed by atoms with Gasteiger partial charge in [-0.05, 0) is 25.7 Å². The average Bonchev–Trinajstić information content (AvgIpc) is 3.00. The van der Waals surface area contributed by atoms with Crippen LogP contribution in [0.5, 0.6) is 0 Å². The van der Waals surface area contributed by atoms with Crippen LogP contribution in [-0.2, 0) is 9.59 Å². The van der Waals surface area contributed by atoms with Crippen LogP contribution in [0.2, 0.25) is 0 Å². The first-order chi connectivity index (χ1) is 6.72. The summed E-state index contributed by atoms with van der Waals surface area (Å²) in [5.74, 6) is -1.68. The van der Waals surface area contributed by atoms with Crippen molar-refractivity contribution >= 4 is 11.7 Å². The van der Waals surface area contributed by atoms with Crippen LogP contribution in [0, 0.1) is 23.2 Å². The first kappa shape index (κ1) is 9.20. The molecule has 1 N–H and O–H groups in total. The van der Waals surface area contributed by atoms with Gasteiger partial charge in [0, 0.05) is 12.0 Å². The molecule has 2 aliphatic rings. The predicted molar refractivity (Wildman–Crippen MR) is 48.0 cm³/mol. The molecule has 0 aromatic rings. The number of nitriles is 1. The molecule has 1 amide bonds. The Hall–Kier alpha value is -1.37. The molecular weight excluding hydrogens is 180 g/mol. The summed E-state index contributed by atoms with van der Waals surface area (Å²) in [5, 5.41) is 11.4. The summed E-state index contributed by atoms with van der Waals surface area (Å²) in [7, 11) is 0. The number of rotatable bonds is 4. The number of Topliss-reactive ketones (excluding diaryl/α,β-unsaturated/α-hetero) is 1. The molecule has 1 atom stereocenters. The maximum absolute atomic E-state index is 11.5. The minimum atomic E-state index is -1.07. The monoisotopic (exact) mass is 192 g/mol. The zero-order chi connectivity index (χ0) is 10.1. The van der Waals surface area contributed by atoms with E-state index in [1.165, 1.54) is 0 Å². The fourth-order valence-electron chi connectivity index (χ4n) is 1.37. The number of carbonyl (C=O) groups excluding carboxylic acids is 2. The van der Waals surface area contributed by atoms with E-state index in [1.54, 1.807) is 6.07 Å². The summed E-state index contributed by atoms with van der Waals surface area (Å²) >= 11 is 0. The number of nitrogens with zero attached hydrogens (tertiary/aromatic N) is 1. The second-order valence-electron chi connectivity index (χ2n) is 4.02. The molecular formula is C10H12N2O2. The number of hydrogen-bond acceptors (Lipinski definition) is 3. The quantitative estimate of drug-likeness (QED) is 0.655. The van der Waals surface area contributed by atoms with Crippen LogP contribution in [0.4, 0.5) is 0 Å². The zero-order valence-corrected chi connectivity index (χ0v) is 7.82. The summed E-state index contributed by atoms with van der Waals surface area (Å²) in [4.78, 5) is 22.9. The lowest BCUT2D eigenvalue weighted by atomic mass is 10.0. The van der Waals surface area contributed by atoms with Crippen LogP contribution < -0.4 is 5.32 Å². The molecule has 2 rings (SSSR count). The molecule has 0 aliphatic heterocycles. The van der Waals surface area contributed by atoms with Crippen molar-refractivity contribution in [3.05, 3.63) is 0 Å². The summed E-state index contributed by atoms with van der Waals surface area (Å²) in [6.45, 7) is 0. The smallest absolute Gasteiger partial charge is 0.245 e. The van der Waals surface area contributed by atoms with E-state index < -0.39 is 11.8 Å². The van der Waals surface area contributed by atoms with Crippen molar-refractivity contribution in [3.63, 3.8) is 0 Å². The minimum absolute atomic E-state index is 0.0235. The van der Waals surface area contributed by atoms with Crippen molar-refractivity contribution < 1.29 is 9.59 Å². The summed E-state index contributed by atoms with van der Waals surface area (Å²) in [6.07, 6.45) is 3.63. The summed E-state index contributed by atoms with van der Waals surface area (Å²) in [5.41, 5.74) is 0. The second-order valence-corrected chi connectivity index (χ2v) is 4.02. The van der Waals surface area contributed by atoms with Gasteiger partial charge in [0.25, 0.3) is 0 Å². The lowest BCUT2D eigenvalue weighted by molar-refractivity contribution is -0.132. The van der Waals surface area contributed by atoms with E-state index in [2.05, 4.69) is 5.32 Å². The number of carbonyl (C=O) groups is 2. The molecule has 14 heavy (non-hydrogen) atoms. The van der Waals surface area contributed by atoms with Gasteiger partial charge in [-0.15, -0.1) is 0 Å².